The predicted octanol–water partition coefficient (Wildman–Crippen LogP) is 2.34. The van der Waals surface area contributed by atoms with Crippen LogP contribution >= 0.6 is 0 Å². The average Bonchev–Trinajstić information content (AvgIpc) is 3.21. The first-order chi connectivity index (χ1) is 9.51. The van der Waals surface area contributed by atoms with E-state index in [1.807, 2.05) is 13.0 Å². The van der Waals surface area contributed by atoms with Crippen molar-refractivity contribution in [1.29, 1.82) is 0 Å². The molecule has 1 fully saturated rings. The molecule has 0 N–H and O–H groups in total. The molecule has 0 spiro atoms. The van der Waals surface area contributed by atoms with Crippen LogP contribution in [0, 0.1) is 13.8 Å². The molecule has 0 amide bonds. The maximum Gasteiger partial charge on any atom is 0.338 e. The number of aryl methyl sites for hydroxylation is 1. The zero-order valence-electron chi connectivity index (χ0n) is 12.1. The Hall–Kier alpha value is -1.88. The van der Waals surface area contributed by atoms with Gasteiger partial charge in [-0.2, -0.15) is 0 Å². The molecule has 1 aliphatic heterocycles. The van der Waals surface area contributed by atoms with Gasteiger partial charge in [-0.3, -0.25) is 0 Å². The predicted molar refractivity (Wildman–Crippen MR) is 71.9 cm³/mol. The molecular formula is C15H18O5. The number of carbonyl (C=O) groups is 2. The normalized spacial score (nSPS) is 16.7. The number of ether oxygens (including phenoxy) is 3. The molecule has 5 heteroatoms. The van der Waals surface area contributed by atoms with Crippen LogP contribution in [0.15, 0.2) is 6.07 Å². The molecule has 0 bridgehead atoms. The van der Waals surface area contributed by atoms with Crippen molar-refractivity contribution in [3.8, 4) is 0 Å². The molecule has 0 radical (unpaired) electrons. The summed E-state index contributed by atoms with van der Waals surface area (Å²) in [4.78, 5) is 24.0. The molecule has 1 heterocycles. The third kappa shape index (κ3) is 2.54. The van der Waals surface area contributed by atoms with Gasteiger partial charge in [-0.1, -0.05) is 6.07 Å². The Balaban J connectivity index is 2.60. The van der Waals surface area contributed by atoms with E-state index >= 15 is 0 Å². The van der Waals surface area contributed by atoms with Gasteiger partial charge in [-0.25, -0.2) is 9.59 Å². The van der Waals surface area contributed by atoms with E-state index in [1.165, 1.54) is 7.11 Å². The van der Waals surface area contributed by atoms with E-state index in [2.05, 4.69) is 0 Å². The van der Waals surface area contributed by atoms with Crippen LogP contribution in [-0.4, -0.2) is 32.3 Å². The summed E-state index contributed by atoms with van der Waals surface area (Å²) in [6.45, 7) is 6.18. The van der Waals surface area contributed by atoms with Gasteiger partial charge in [0, 0.05) is 0 Å². The first kappa shape index (κ1) is 14.5. The van der Waals surface area contributed by atoms with Gasteiger partial charge in [0.15, 0.2) is 0 Å². The Morgan fingerprint density at radius 2 is 1.95 bits per heavy atom. The smallest absolute Gasteiger partial charge is 0.338 e. The Morgan fingerprint density at radius 3 is 2.45 bits per heavy atom. The van der Waals surface area contributed by atoms with E-state index in [1.54, 1.807) is 13.8 Å². The molecule has 2 rings (SSSR count). The van der Waals surface area contributed by atoms with E-state index in [0.29, 0.717) is 29.9 Å². The zero-order valence-corrected chi connectivity index (χ0v) is 12.1. The lowest BCUT2D eigenvalue weighted by atomic mass is 9.91. The molecule has 1 saturated heterocycles. The van der Waals surface area contributed by atoms with Crippen molar-refractivity contribution < 1.29 is 23.8 Å². The topological polar surface area (TPSA) is 65.1 Å². The number of hydrogen-bond acceptors (Lipinski definition) is 5. The lowest BCUT2D eigenvalue weighted by Crippen LogP contribution is -2.16. The summed E-state index contributed by atoms with van der Waals surface area (Å²) in [7, 11) is 1.32. The quantitative estimate of drug-likeness (QED) is 0.624. The molecule has 1 aliphatic rings. The Morgan fingerprint density at radius 1 is 1.30 bits per heavy atom. The summed E-state index contributed by atoms with van der Waals surface area (Å²) in [5, 5.41) is 0. The van der Waals surface area contributed by atoms with E-state index in [4.69, 9.17) is 14.2 Å². The fourth-order valence-corrected chi connectivity index (χ4v) is 2.39. The second-order valence-corrected chi connectivity index (χ2v) is 4.69. The molecule has 1 aromatic rings. The molecule has 1 unspecified atom stereocenters. The van der Waals surface area contributed by atoms with Crippen molar-refractivity contribution in [3.63, 3.8) is 0 Å². The van der Waals surface area contributed by atoms with Crippen LogP contribution in [0.1, 0.15) is 50.4 Å². The summed E-state index contributed by atoms with van der Waals surface area (Å²) in [6.07, 6.45) is -0.0854. The number of hydrogen-bond donors (Lipinski definition) is 0. The number of rotatable bonds is 4. The molecule has 1 atom stereocenters. The minimum Gasteiger partial charge on any atom is -0.465 e. The maximum absolute atomic E-state index is 12.0. The van der Waals surface area contributed by atoms with Crippen LogP contribution < -0.4 is 0 Å². The minimum absolute atomic E-state index is 0.0854. The molecule has 5 nitrogen and oxygen atoms in total. The lowest BCUT2D eigenvalue weighted by molar-refractivity contribution is 0.0524. The van der Waals surface area contributed by atoms with Gasteiger partial charge in [0.2, 0.25) is 0 Å². The molecule has 0 aliphatic carbocycles. The highest BCUT2D eigenvalue weighted by atomic mass is 16.6. The highest BCUT2D eigenvalue weighted by molar-refractivity contribution is 6.00. The van der Waals surface area contributed by atoms with Crippen molar-refractivity contribution in [2.45, 2.75) is 26.9 Å². The third-order valence-electron chi connectivity index (χ3n) is 3.35. The van der Waals surface area contributed by atoms with Gasteiger partial charge in [-0.15, -0.1) is 0 Å². The van der Waals surface area contributed by atoms with Crippen LogP contribution in [0.5, 0.6) is 0 Å². The SMILES string of the molecule is CCOC(=O)c1c(C)cc(C2CO2)c(C(=O)OC)c1C. The second kappa shape index (κ2) is 5.63. The molecular weight excluding hydrogens is 260 g/mol. The summed E-state index contributed by atoms with van der Waals surface area (Å²) >= 11 is 0. The number of epoxide rings is 1. The number of benzene rings is 1. The first-order valence-corrected chi connectivity index (χ1v) is 6.52. The summed E-state index contributed by atoms with van der Waals surface area (Å²) in [6, 6.07) is 1.81. The van der Waals surface area contributed by atoms with Gasteiger partial charge in [-0.05, 0) is 37.5 Å². The number of esters is 2. The third-order valence-corrected chi connectivity index (χ3v) is 3.35. The van der Waals surface area contributed by atoms with Crippen LogP contribution in [0.4, 0.5) is 0 Å². The highest BCUT2D eigenvalue weighted by Gasteiger charge is 2.33. The molecule has 1 aromatic carbocycles. The van der Waals surface area contributed by atoms with Gasteiger partial charge >= 0.3 is 11.9 Å². The van der Waals surface area contributed by atoms with Crippen molar-refractivity contribution in [1.82, 2.24) is 0 Å². The molecule has 108 valence electrons. The summed E-state index contributed by atoms with van der Waals surface area (Å²) < 4.78 is 15.1. The Labute approximate surface area is 117 Å². The Kier molecular flexibility index (Phi) is 4.09. The van der Waals surface area contributed by atoms with Gasteiger partial charge in [0.05, 0.1) is 31.5 Å². The van der Waals surface area contributed by atoms with E-state index in [9.17, 15) is 9.59 Å². The summed E-state index contributed by atoms with van der Waals surface area (Å²) in [5.74, 6) is -0.880. The van der Waals surface area contributed by atoms with Crippen LogP contribution in [0.3, 0.4) is 0 Å². The number of methoxy groups -OCH3 is 1. The zero-order chi connectivity index (χ0) is 14.9. The van der Waals surface area contributed by atoms with Crippen molar-refractivity contribution in [2.24, 2.45) is 0 Å². The van der Waals surface area contributed by atoms with Crippen molar-refractivity contribution in [3.05, 3.63) is 33.9 Å². The van der Waals surface area contributed by atoms with Gasteiger partial charge in [0.1, 0.15) is 6.10 Å². The van der Waals surface area contributed by atoms with Gasteiger partial charge in [0.25, 0.3) is 0 Å². The summed E-state index contributed by atoms with van der Waals surface area (Å²) in [5.41, 5.74) is 2.97. The molecule has 0 aromatic heterocycles. The monoisotopic (exact) mass is 278 g/mol. The lowest BCUT2D eigenvalue weighted by Gasteiger charge is -2.15. The molecule has 0 saturated carbocycles. The Bertz CT molecular complexity index is 558. The van der Waals surface area contributed by atoms with Crippen LogP contribution in [-0.2, 0) is 14.2 Å². The minimum atomic E-state index is -0.460. The van der Waals surface area contributed by atoms with Gasteiger partial charge < -0.3 is 14.2 Å². The van der Waals surface area contributed by atoms with Crippen molar-refractivity contribution >= 4 is 11.9 Å². The van der Waals surface area contributed by atoms with Crippen LogP contribution in [0.25, 0.3) is 0 Å². The average molecular weight is 278 g/mol. The highest BCUT2D eigenvalue weighted by Crippen LogP contribution is 2.36. The first-order valence-electron chi connectivity index (χ1n) is 6.52. The van der Waals surface area contributed by atoms with E-state index < -0.39 is 11.9 Å². The standard InChI is InChI=1S/C15H18O5/c1-5-19-15(17)12-8(2)6-10(11-7-20-11)13(9(12)3)14(16)18-4/h6,11H,5,7H2,1-4H3. The van der Waals surface area contributed by atoms with E-state index in [-0.39, 0.29) is 6.10 Å². The van der Waals surface area contributed by atoms with Crippen molar-refractivity contribution in [2.75, 3.05) is 20.3 Å². The van der Waals surface area contributed by atoms with Crippen LogP contribution in [0.2, 0.25) is 0 Å². The second-order valence-electron chi connectivity index (χ2n) is 4.69. The van der Waals surface area contributed by atoms with E-state index in [0.717, 1.165) is 11.1 Å². The fraction of sp³-hybridized carbons (Fsp3) is 0.467. The molecule has 20 heavy (non-hydrogen) atoms. The largest absolute Gasteiger partial charge is 0.465 e. The fourth-order valence-electron chi connectivity index (χ4n) is 2.39. The number of carbonyl (C=O) groups excluding carboxylic acids is 2. The maximum atomic E-state index is 12.0.